The number of hydrogen-bond acceptors (Lipinski definition) is 1. The van der Waals surface area contributed by atoms with Gasteiger partial charge in [0.1, 0.15) is 0 Å². The first-order valence-electron chi connectivity index (χ1n) is 4.66. The Morgan fingerprint density at radius 1 is 1.07 bits per heavy atom. The third-order valence-electron chi connectivity index (χ3n) is 2.41. The van der Waals surface area contributed by atoms with E-state index in [0.29, 0.717) is 0 Å². The van der Waals surface area contributed by atoms with Crippen LogP contribution in [0.2, 0.25) is 0 Å². The molecule has 1 nitrogen and oxygen atoms in total. The topological polar surface area (TPSA) is 15.8 Å². The molecule has 1 N–H and O–H groups in total. The van der Waals surface area contributed by atoms with Gasteiger partial charge in [0, 0.05) is 16.6 Å². The predicted molar refractivity (Wildman–Crippen MR) is 69.3 cm³/mol. The van der Waals surface area contributed by atoms with Gasteiger partial charge < -0.3 is 4.98 Å². The van der Waals surface area contributed by atoms with Crippen LogP contribution >= 0.6 is 27.3 Å². The van der Waals surface area contributed by atoms with Crippen LogP contribution in [0.4, 0.5) is 0 Å². The van der Waals surface area contributed by atoms with Crippen LogP contribution in [0.5, 0.6) is 0 Å². The lowest BCUT2D eigenvalue weighted by Crippen LogP contribution is -1.72. The second kappa shape index (κ2) is 3.51. The molecule has 15 heavy (non-hydrogen) atoms. The van der Waals surface area contributed by atoms with Crippen molar-refractivity contribution in [1.29, 1.82) is 0 Å². The molecule has 2 heterocycles. The molecule has 0 aliphatic rings. The SMILES string of the molecule is Brc1ccc(-c2ccc3[nH]ccc3c2)s1. The van der Waals surface area contributed by atoms with Gasteiger partial charge in [0.05, 0.1) is 3.79 Å². The minimum atomic E-state index is 1.17. The number of hydrogen-bond donors (Lipinski definition) is 1. The third kappa shape index (κ3) is 1.62. The number of aromatic nitrogens is 1. The van der Waals surface area contributed by atoms with Crippen molar-refractivity contribution in [2.45, 2.75) is 0 Å². The number of fused-ring (bicyclic) bond motifs is 1. The molecule has 0 atom stereocenters. The first kappa shape index (κ1) is 9.19. The second-order valence-electron chi connectivity index (χ2n) is 3.38. The van der Waals surface area contributed by atoms with Crippen molar-refractivity contribution in [2.75, 3.05) is 0 Å². The lowest BCUT2D eigenvalue weighted by molar-refractivity contribution is 1.48. The Balaban J connectivity index is 2.18. The molecular weight excluding hydrogens is 270 g/mol. The molecule has 3 heteroatoms. The number of nitrogens with one attached hydrogen (secondary N) is 1. The molecule has 0 aliphatic carbocycles. The van der Waals surface area contributed by atoms with E-state index in [4.69, 9.17) is 0 Å². The van der Waals surface area contributed by atoms with Gasteiger partial charge in [-0.3, -0.25) is 0 Å². The minimum absolute atomic E-state index is 1.17. The molecule has 0 radical (unpaired) electrons. The van der Waals surface area contributed by atoms with Crippen LogP contribution in [0.3, 0.4) is 0 Å². The average Bonchev–Trinajstić information content (AvgIpc) is 2.84. The van der Waals surface area contributed by atoms with Gasteiger partial charge in [0.25, 0.3) is 0 Å². The number of benzene rings is 1. The Morgan fingerprint density at radius 2 is 2.00 bits per heavy atom. The Labute approximate surface area is 99.9 Å². The van der Waals surface area contributed by atoms with Gasteiger partial charge in [-0.2, -0.15) is 0 Å². The molecule has 1 aromatic carbocycles. The van der Waals surface area contributed by atoms with E-state index in [0.717, 1.165) is 0 Å². The van der Waals surface area contributed by atoms with Crippen LogP contribution in [-0.2, 0) is 0 Å². The highest BCUT2D eigenvalue weighted by Gasteiger charge is 2.02. The highest BCUT2D eigenvalue weighted by atomic mass is 79.9. The molecule has 0 unspecified atom stereocenters. The third-order valence-corrected chi connectivity index (χ3v) is 4.08. The Bertz CT molecular complexity index is 609. The fourth-order valence-corrected chi connectivity index (χ4v) is 3.06. The van der Waals surface area contributed by atoms with Gasteiger partial charge in [-0.15, -0.1) is 11.3 Å². The highest BCUT2D eigenvalue weighted by Crippen LogP contribution is 2.32. The highest BCUT2D eigenvalue weighted by molar-refractivity contribution is 9.11. The molecule has 0 bridgehead atoms. The van der Waals surface area contributed by atoms with Gasteiger partial charge in [0.2, 0.25) is 0 Å². The second-order valence-corrected chi connectivity index (χ2v) is 5.85. The summed E-state index contributed by atoms with van der Waals surface area (Å²) in [5, 5.41) is 1.26. The smallest absolute Gasteiger partial charge is 0.0705 e. The molecule has 3 aromatic rings. The summed E-state index contributed by atoms with van der Waals surface area (Å²) in [7, 11) is 0. The number of H-pyrrole nitrogens is 1. The zero-order valence-electron chi connectivity index (χ0n) is 7.83. The summed E-state index contributed by atoms with van der Waals surface area (Å²) in [6.07, 6.45) is 1.97. The number of halogens is 1. The van der Waals surface area contributed by atoms with Crippen molar-refractivity contribution in [3.05, 3.63) is 46.4 Å². The molecule has 0 saturated carbocycles. The van der Waals surface area contributed by atoms with E-state index in [-0.39, 0.29) is 0 Å². The molecular formula is C12H8BrNS. The fraction of sp³-hybridized carbons (Fsp3) is 0. The van der Waals surface area contributed by atoms with Crippen molar-refractivity contribution in [1.82, 2.24) is 4.98 Å². The molecule has 0 saturated heterocycles. The van der Waals surface area contributed by atoms with E-state index in [1.54, 1.807) is 11.3 Å². The van der Waals surface area contributed by atoms with E-state index < -0.39 is 0 Å². The predicted octanol–water partition coefficient (Wildman–Crippen LogP) is 4.66. The zero-order valence-corrected chi connectivity index (χ0v) is 10.2. The fourth-order valence-electron chi connectivity index (χ4n) is 1.68. The normalized spacial score (nSPS) is 11.0. The maximum atomic E-state index is 3.48. The first-order valence-corrected chi connectivity index (χ1v) is 6.27. The summed E-state index contributed by atoms with van der Waals surface area (Å²) >= 11 is 5.24. The van der Waals surface area contributed by atoms with E-state index in [1.807, 2.05) is 6.20 Å². The summed E-state index contributed by atoms with van der Waals surface area (Å²) in [4.78, 5) is 4.49. The first-order chi connectivity index (χ1) is 7.33. The van der Waals surface area contributed by atoms with E-state index in [9.17, 15) is 0 Å². The Kier molecular flexibility index (Phi) is 2.15. The lowest BCUT2D eigenvalue weighted by Gasteiger charge is -1.97. The molecule has 0 fully saturated rings. The van der Waals surface area contributed by atoms with Crippen molar-refractivity contribution in [3.63, 3.8) is 0 Å². The van der Waals surface area contributed by atoms with E-state index >= 15 is 0 Å². The van der Waals surface area contributed by atoms with Crippen LogP contribution in [-0.4, -0.2) is 4.98 Å². The maximum Gasteiger partial charge on any atom is 0.0705 e. The maximum absolute atomic E-state index is 3.48. The molecule has 3 rings (SSSR count). The van der Waals surface area contributed by atoms with Crippen LogP contribution < -0.4 is 0 Å². The molecule has 0 amide bonds. The lowest BCUT2D eigenvalue weighted by atomic mass is 10.1. The average molecular weight is 278 g/mol. The number of rotatable bonds is 1. The van der Waals surface area contributed by atoms with Gasteiger partial charge in [-0.1, -0.05) is 6.07 Å². The van der Waals surface area contributed by atoms with Gasteiger partial charge in [-0.25, -0.2) is 0 Å². The van der Waals surface area contributed by atoms with Crippen LogP contribution in [0.15, 0.2) is 46.4 Å². The van der Waals surface area contributed by atoms with Crippen LogP contribution in [0, 0.1) is 0 Å². The van der Waals surface area contributed by atoms with E-state index in [2.05, 4.69) is 57.3 Å². The number of aromatic amines is 1. The molecule has 0 aliphatic heterocycles. The van der Waals surface area contributed by atoms with Crippen molar-refractivity contribution >= 4 is 38.2 Å². The van der Waals surface area contributed by atoms with Gasteiger partial charge in [-0.05, 0) is 57.2 Å². The van der Waals surface area contributed by atoms with E-state index in [1.165, 1.54) is 25.1 Å². The molecule has 2 aromatic heterocycles. The van der Waals surface area contributed by atoms with Crippen molar-refractivity contribution in [3.8, 4) is 10.4 Å². The zero-order chi connectivity index (χ0) is 10.3. The Hall–Kier alpha value is -1.06. The summed E-state index contributed by atoms with van der Waals surface area (Å²) in [5.74, 6) is 0. The summed E-state index contributed by atoms with van der Waals surface area (Å²) in [6, 6.07) is 12.8. The van der Waals surface area contributed by atoms with Crippen LogP contribution in [0.1, 0.15) is 0 Å². The summed E-state index contributed by atoms with van der Waals surface area (Å²) < 4.78 is 1.17. The van der Waals surface area contributed by atoms with Crippen LogP contribution in [0.25, 0.3) is 21.3 Å². The minimum Gasteiger partial charge on any atom is -0.361 e. The summed E-state index contributed by atoms with van der Waals surface area (Å²) in [5.41, 5.74) is 2.46. The molecule has 0 spiro atoms. The van der Waals surface area contributed by atoms with Crippen molar-refractivity contribution in [2.24, 2.45) is 0 Å². The monoisotopic (exact) mass is 277 g/mol. The van der Waals surface area contributed by atoms with Gasteiger partial charge in [0.15, 0.2) is 0 Å². The van der Waals surface area contributed by atoms with Gasteiger partial charge >= 0.3 is 0 Å². The van der Waals surface area contributed by atoms with Crippen molar-refractivity contribution < 1.29 is 0 Å². The quantitative estimate of drug-likeness (QED) is 0.666. The Morgan fingerprint density at radius 3 is 2.80 bits per heavy atom. The number of thiophene rings is 1. The standard InChI is InChI=1S/C12H8BrNS/c13-12-4-3-11(15-12)9-1-2-10-8(7-9)5-6-14-10/h1-7,14H. The summed E-state index contributed by atoms with van der Waals surface area (Å²) in [6.45, 7) is 0. The molecule has 74 valence electrons. The largest absolute Gasteiger partial charge is 0.361 e.